The molecule has 1 amide bonds. The monoisotopic (exact) mass is 301 g/mol. The molecule has 0 aliphatic carbocycles. The van der Waals surface area contributed by atoms with Gasteiger partial charge in [0.05, 0.1) is 13.5 Å². The van der Waals surface area contributed by atoms with Gasteiger partial charge in [0.2, 0.25) is 5.91 Å². The van der Waals surface area contributed by atoms with Crippen LogP contribution in [0.2, 0.25) is 0 Å². The molecule has 0 atom stereocenters. The molecule has 116 valence electrons. The number of hydrogen-bond donors (Lipinski definition) is 1. The van der Waals surface area contributed by atoms with Gasteiger partial charge < -0.3 is 10.1 Å². The van der Waals surface area contributed by atoms with Crippen LogP contribution in [0.1, 0.15) is 17.5 Å². The number of nitrogens with one attached hydrogen (secondary N) is 1. The number of hydrogen-bond acceptors (Lipinski definition) is 2. The normalized spacial score (nSPS) is 10.3. The highest BCUT2D eigenvalue weighted by molar-refractivity contribution is 5.78. The lowest BCUT2D eigenvalue weighted by Crippen LogP contribution is -2.26. The predicted octanol–water partition coefficient (Wildman–Crippen LogP) is 3.13. The second kappa shape index (κ2) is 8.17. The highest BCUT2D eigenvalue weighted by Gasteiger charge is 2.07. The summed E-state index contributed by atoms with van der Waals surface area (Å²) in [5.41, 5.74) is 1.90. The van der Waals surface area contributed by atoms with E-state index in [0.29, 0.717) is 12.1 Å². The number of aryl methyl sites for hydroxylation is 1. The molecule has 4 heteroatoms. The van der Waals surface area contributed by atoms with Crippen LogP contribution in [-0.4, -0.2) is 19.6 Å². The Morgan fingerprint density at radius 1 is 1.14 bits per heavy atom. The molecule has 0 aromatic heterocycles. The van der Waals surface area contributed by atoms with E-state index < -0.39 is 5.82 Å². The number of amides is 1. The Morgan fingerprint density at radius 3 is 2.59 bits per heavy atom. The van der Waals surface area contributed by atoms with Gasteiger partial charge >= 0.3 is 0 Å². The third-order valence-electron chi connectivity index (χ3n) is 3.39. The molecule has 2 aromatic rings. The van der Waals surface area contributed by atoms with Gasteiger partial charge in [0.1, 0.15) is 0 Å². The molecule has 0 saturated carbocycles. The fourth-order valence-corrected chi connectivity index (χ4v) is 2.23. The number of rotatable bonds is 7. The van der Waals surface area contributed by atoms with Crippen LogP contribution in [-0.2, 0) is 17.6 Å². The second-order valence-electron chi connectivity index (χ2n) is 5.08. The largest absolute Gasteiger partial charge is 0.494 e. The molecule has 2 rings (SSSR count). The molecule has 1 N–H and O–H groups in total. The number of ether oxygens (including phenoxy) is 1. The summed E-state index contributed by atoms with van der Waals surface area (Å²) < 4.78 is 18.4. The zero-order valence-electron chi connectivity index (χ0n) is 12.6. The van der Waals surface area contributed by atoms with Crippen molar-refractivity contribution in [3.05, 3.63) is 65.5 Å². The van der Waals surface area contributed by atoms with Crippen LogP contribution in [0.25, 0.3) is 0 Å². The maximum absolute atomic E-state index is 13.5. The van der Waals surface area contributed by atoms with Crippen LogP contribution < -0.4 is 10.1 Å². The maximum atomic E-state index is 13.5. The topological polar surface area (TPSA) is 38.3 Å². The van der Waals surface area contributed by atoms with Crippen molar-refractivity contribution < 1.29 is 13.9 Å². The average molecular weight is 301 g/mol. The molecule has 2 aromatic carbocycles. The molecular weight excluding hydrogens is 281 g/mol. The molecule has 0 heterocycles. The third-order valence-corrected chi connectivity index (χ3v) is 3.39. The van der Waals surface area contributed by atoms with E-state index in [4.69, 9.17) is 4.74 Å². The van der Waals surface area contributed by atoms with Gasteiger partial charge in [-0.1, -0.05) is 36.4 Å². The summed E-state index contributed by atoms with van der Waals surface area (Å²) in [6.45, 7) is 0.617. The Bertz CT molecular complexity index is 614. The highest BCUT2D eigenvalue weighted by atomic mass is 19.1. The molecule has 0 spiro atoms. The smallest absolute Gasteiger partial charge is 0.224 e. The summed E-state index contributed by atoms with van der Waals surface area (Å²) in [4.78, 5) is 11.8. The lowest BCUT2D eigenvalue weighted by atomic mass is 10.1. The van der Waals surface area contributed by atoms with Crippen molar-refractivity contribution in [3.63, 3.8) is 0 Å². The van der Waals surface area contributed by atoms with Crippen LogP contribution in [0, 0.1) is 5.82 Å². The zero-order chi connectivity index (χ0) is 15.8. The van der Waals surface area contributed by atoms with E-state index >= 15 is 0 Å². The lowest BCUT2D eigenvalue weighted by Gasteiger charge is -2.07. The average Bonchev–Trinajstić information content (AvgIpc) is 2.53. The van der Waals surface area contributed by atoms with Gasteiger partial charge in [-0.15, -0.1) is 0 Å². The third kappa shape index (κ3) is 4.88. The van der Waals surface area contributed by atoms with Crippen LogP contribution in [0.5, 0.6) is 5.75 Å². The summed E-state index contributed by atoms with van der Waals surface area (Å²) in [6.07, 6.45) is 1.98. The quantitative estimate of drug-likeness (QED) is 0.798. The van der Waals surface area contributed by atoms with Crippen molar-refractivity contribution in [2.24, 2.45) is 0 Å². The Labute approximate surface area is 130 Å². The van der Waals surface area contributed by atoms with Gasteiger partial charge in [-0.25, -0.2) is 4.39 Å². The number of methoxy groups -OCH3 is 1. The van der Waals surface area contributed by atoms with Crippen LogP contribution in [0.15, 0.2) is 48.5 Å². The SMILES string of the molecule is COc1ccc(CC(=O)NCCCc2ccccc2)cc1F. The Hall–Kier alpha value is -2.36. The molecule has 0 radical (unpaired) electrons. The molecule has 0 fully saturated rings. The predicted molar refractivity (Wildman–Crippen MR) is 84.4 cm³/mol. The molecule has 0 bridgehead atoms. The van der Waals surface area contributed by atoms with Crippen LogP contribution >= 0.6 is 0 Å². The standard InChI is InChI=1S/C18H20FNO2/c1-22-17-10-9-15(12-16(17)19)13-18(21)20-11-5-8-14-6-3-2-4-7-14/h2-4,6-7,9-10,12H,5,8,11,13H2,1H3,(H,20,21). The van der Waals surface area contributed by atoms with E-state index in [0.717, 1.165) is 12.8 Å². The minimum absolute atomic E-state index is 0.0994. The number of halogens is 1. The maximum Gasteiger partial charge on any atom is 0.224 e. The minimum Gasteiger partial charge on any atom is -0.494 e. The Morgan fingerprint density at radius 2 is 1.91 bits per heavy atom. The first-order valence-corrected chi connectivity index (χ1v) is 7.32. The van der Waals surface area contributed by atoms with E-state index in [1.165, 1.54) is 24.8 Å². The van der Waals surface area contributed by atoms with Crippen molar-refractivity contribution in [2.75, 3.05) is 13.7 Å². The van der Waals surface area contributed by atoms with Crippen molar-refractivity contribution >= 4 is 5.91 Å². The molecule has 0 unspecified atom stereocenters. The van der Waals surface area contributed by atoms with Crippen molar-refractivity contribution in [2.45, 2.75) is 19.3 Å². The number of benzene rings is 2. The fourth-order valence-electron chi connectivity index (χ4n) is 2.23. The van der Waals surface area contributed by atoms with Gasteiger partial charge in [0, 0.05) is 6.54 Å². The molecule has 22 heavy (non-hydrogen) atoms. The van der Waals surface area contributed by atoms with Gasteiger partial charge in [0.25, 0.3) is 0 Å². The van der Waals surface area contributed by atoms with Gasteiger partial charge in [-0.3, -0.25) is 4.79 Å². The van der Waals surface area contributed by atoms with E-state index in [1.54, 1.807) is 6.07 Å². The first kappa shape index (κ1) is 16.0. The summed E-state index contributed by atoms with van der Waals surface area (Å²) in [7, 11) is 1.41. The number of carbonyl (C=O) groups is 1. The van der Waals surface area contributed by atoms with E-state index in [1.807, 2.05) is 18.2 Å². The van der Waals surface area contributed by atoms with Crippen LogP contribution in [0.3, 0.4) is 0 Å². The first-order valence-electron chi connectivity index (χ1n) is 7.32. The second-order valence-corrected chi connectivity index (χ2v) is 5.08. The molecule has 3 nitrogen and oxygen atoms in total. The summed E-state index contributed by atoms with van der Waals surface area (Å²) in [6, 6.07) is 14.7. The zero-order valence-corrected chi connectivity index (χ0v) is 12.6. The fraction of sp³-hybridized carbons (Fsp3) is 0.278. The van der Waals surface area contributed by atoms with Crippen molar-refractivity contribution in [1.29, 1.82) is 0 Å². The number of carbonyl (C=O) groups excluding carboxylic acids is 1. The van der Waals surface area contributed by atoms with Gasteiger partial charge in [-0.2, -0.15) is 0 Å². The Kier molecular flexibility index (Phi) is 5.95. The minimum atomic E-state index is -0.447. The molecule has 0 aliphatic rings. The molecule has 0 saturated heterocycles. The summed E-state index contributed by atoms with van der Waals surface area (Å²) in [5, 5.41) is 2.86. The summed E-state index contributed by atoms with van der Waals surface area (Å²) in [5.74, 6) is -0.360. The van der Waals surface area contributed by atoms with Gasteiger partial charge in [-0.05, 0) is 36.1 Å². The van der Waals surface area contributed by atoms with Gasteiger partial charge in [0.15, 0.2) is 11.6 Å². The highest BCUT2D eigenvalue weighted by Crippen LogP contribution is 2.17. The molecule has 0 aliphatic heterocycles. The van der Waals surface area contributed by atoms with E-state index in [2.05, 4.69) is 17.4 Å². The van der Waals surface area contributed by atoms with Crippen LogP contribution in [0.4, 0.5) is 4.39 Å². The van der Waals surface area contributed by atoms with Crippen molar-refractivity contribution in [3.8, 4) is 5.75 Å². The lowest BCUT2D eigenvalue weighted by molar-refractivity contribution is -0.120. The molecular formula is C18H20FNO2. The van der Waals surface area contributed by atoms with E-state index in [-0.39, 0.29) is 18.1 Å². The van der Waals surface area contributed by atoms with E-state index in [9.17, 15) is 9.18 Å². The summed E-state index contributed by atoms with van der Waals surface area (Å²) >= 11 is 0. The van der Waals surface area contributed by atoms with Crippen molar-refractivity contribution in [1.82, 2.24) is 5.32 Å². The first-order chi connectivity index (χ1) is 10.7. The Balaban J connectivity index is 1.73.